The van der Waals surface area contributed by atoms with Gasteiger partial charge in [-0.2, -0.15) is 0 Å². The molecule has 1 aromatic heterocycles. The molecule has 2 heterocycles. The van der Waals surface area contributed by atoms with Crippen LogP contribution in [0, 0.1) is 5.82 Å². The van der Waals surface area contributed by atoms with Crippen molar-refractivity contribution in [3.8, 4) is 11.1 Å². The third kappa shape index (κ3) is 4.92. The Morgan fingerprint density at radius 3 is 2.79 bits per heavy atom. The number of nitrogens with zero attached hydrogens (tertiary/aromatic N) is 2. The van der Waals surface area contributed by atoms with E-state index < -0.39 is 0 Å². The molecule has 1 fully saturated rings. The summed E-state index contributed by atoms with van der Waals surface area (Å²) >= 11 is 0. The van der Waals surface area contributed by atoms with Gasteiger partial charge in [0.25, 0.3) is 0 Å². The minimum atomic E-state index is -0.320. The minimum Gasteiger partial charge on any atom is -0.391 e. The Morgan fingerprint density at radius 1 is 1.18 bits per heavy atom. The van der Waals surface area contributed by atoms with Gasteiger partial charge in [-0.15, -0.1) is 24.8 Å². The number of imidazole rings is 1. The van der Waals surface area contributed by atoms with Gasteiger partial charge in [-0.1, -0.05) is 30.4 Å². The van der Waals surface area contributed by atoms with Gasteiger partial charge < -0.3 is 15.0 Å². The average molecular weight is 424 g/mol. The number of allylic oxidation sites excluding steroid dienone is 1. The van der Waals surface area contributed by atoms with Crippen molar-refractivity contribution < 1.29 is 9.50 Å². The molecule has 0 aliphatic carbocycles. The predicted octanol–water partition coefficient (Wildman–Crippen LogP) is 4.36. The van der Waals surface area contributed by atoms with Crippen LogP contribution in [-0.2, 0) is 6.54 Å². The minimum absolute atomic E-state index is 0. The molecule has 4 rings (SSSR count). The van der Waals surface area contributed by atoms with Crippen LogP contribution in [0.15, 0.2) is 60.9 Å². The van der Waals surface area contributed by atoms with E-state index in [1.165, 1.54) is 12.1 Å². The second-order valence-electron chi connectivity index (χ2n) is 6.73. The quantitative estimate of drug-likeness (QED) is 0.613. The number of hydrogen-bond donors (Lipinski definition) is 2. The molecule has 28 heavy (non-hydrogen) atoms. The topological polar surface area (TPSA) is 50.1 Å². The molecular formula is C21H24Cl2FN3O. The van der Waals surface area contributed by atoms with Gasteiger partial charge in [0.05, 0.1) is 29.5 Å². The average Bonchev–Trinajstić information content (AvgIpc) is 3.06. The summed E-state index contributed by atoms with van der Waals surface area (Å²) in [4.78, 5) is 4.44. The van der Waals surface area contributed by atoms with E-state index in [0.717, 1.165) is 41.5 Å². The number of rotatable bonds is 4. The van der Waals surface area contributed by atoms with Crippen LogP contribution in [0.3, 0.4) is 0 Å². The van der Waals surface area contributed by atoms with Crippen molar-refractivity contribution in [3.63, 3.8) is 0 Å². The largest absolute Gasteiger partial charge is 0.391 e. The molecule has 0 bridgehead atoms. The molecule has 1 aliphatic rings. The monoisotopic (exact) mass is 423 g/mol. The fourth-order valence-corrected chi connectivity index (χ4v) is 3.46. The van der Waals surface area contributed by atoms with Crippen molar-refractivity contribution in [1.29, 1.82) is 0 Å². The Kier molecular flexibility index (Phi) is 8.01. The summed E-state index contributed by atoms with van der Waals surface area (Å²) in [7, 11) is 0. The molecule has 3 aromatic rings. The molecule has 0 saturated carbocycles. The number of benzene rings is 2. The fraction of sp³-hybridized carbons (Fsp3) is 0.286. The Morgan fingerprint density at radius 2 is 2.00 bits per heavy atom. The van der Waals surface area contributed by atoms with Crippen molar-refractivity contribution >= 4 is 35.8 Å². The van der Waals surface area contributed by atoms with Crippen LogP contribution in [0.1, 0.15) is 12.8 Å². The van der Waals surface area contributed by atoms with Crippen molar-refractivity contribution in [3.05, 3.63) is 66.8 Å². The van der Waals surface area contributed by atoms with Crippen LogP contribution in [0.5, 0.6) is 0 Å². The van der Waals surface area contributed by atoms with Crippen molar-refractivity contribution in [2.45, 2.75) is 31.5 Å². The van der Waals surface area contributed by atoms with Crippen LogP contribution in [0.25, 0.3) is 22.2 Å². The maximum absolute atomic E-state index is 13.5. The lowest BCUT2D eigenvalue weighted by Crippen LogP contribution is -2.43. The number of aliphatic hydroxyl groups is 1. The Balaban J connectivity index is 0.00000140. The zero-order valence-corrected chi connectivity index (χ0v) is 16.9. The smallest absolute Gasteiger partial charge is 0.123 e. The molecule has 2 aromatic carbocycles. The standard InChI is InChI=1S/C21H22FN3O.2ClH/c22-17-5-1-4-15(12-17)16-8-9-18-20(13-16)25(14-24-18)11-3-6-19-21(26)7-2-10-23-19;;/h1,3-6,8-9,12-14,19,21,23,26H,2,7,10-11H2;2*1H/b6-3+;;. The van der Waals surface area contributed by atoms with E-state index in [1.807, 2.05) is 36.7 Å². The number of aromatic nitrogens is 2. The first-order valence-corrected chi connectivity index (χ1v) is 9.00. The van der Waals surface area contributed by atoms with Crippen LogP contribution in [0.4, 0.5) is 4.39 Å². The maximum atomic E-state index is 13.5. The molecule has 0 radical (unpaired) electrons. The highest BCUT2D eigenvalue weighted by atomic mass is 35.5. The van der Waals surface area contributed by atoms with E-state index in [1.54, 1.807) is 6.07 Å². The molecular weight excluding hydrogens is 400 g/mol. The molecule has 1 aliphatic heterocycles. The third-order valence-electron chi connectivity index (χ3n) is 4.90. The highest BCUT2D eigenvalue weighted by molar-refractivity contribution is 5.85. The van der Waals surface area contributed by atoms with Gasteiger partial charge in [0, 0.05) is 6.54 Å². The predicted molar refractivity (Wildman–Crippen MR) is 116 cm³/mol. The molecule has 150 valence electrons. The van der Waals surface area contributed by atoms with Gasteiger partial charge in [0.15, 0.2) is 0 Å². The second-order valence-corrected chi connectivity index (χ2v) is 6.73. The van der Waals surface area contributed by atoms with E-state index in [-0.39, 0.29) is 42.8 Å². The van der Waals surface area contributed by atoms with Gasteiger partial charge in [-0.25, -0.2) is 9.37 Å². The highest BCUT2D eigenvalue weighted by Gasteiger charge is 2.19. The number of piperidine rings is 1. The van der Waals surface area contributed by atoms with E-state index >= 15 is 0 Å². The first-order chi connectivity index (χ1) is 12.7. The van der Waals surface area contributed by atoms with Crippen LogP contribution >= 0.6 is 24.8 Å². The summed E-state index contributed by atoms with van der Waals surface area (Å²) in [6, 6.07) is 12.6. The fourth-order valence-electron chi connectivity index (χ4n) is 3.46. The first-order valence-electron chi connectivity index (χ1n) is 9.00. The number of aliphatic hydroxyl groups excluding tert-OH is 1. The molecule has 4 nitrogen and oxygen atoms in total. The van der Waals surface area contributed by atoms with Gasteiger partial charge in [-0.05, 0) is 54.8 Å². The second kappa shape index (κ2) is 10.0. The SMILES string of the molecule is Cl.Cl.OC1CCCNC1/C=C/Cn1cnc2ccc(-c3cccc(F)c3)cc21. The lowest BCUT2D eigenvalue weighted by atomic mass is 10.0. The number of nitrogens with one attached hydrogen (secondary N) is 1. The zero-order chi connectivity index (χ0) is 17.9. The van der Waals surface area contributed by atoms with E-state index in [4.69, 9.17) is 0 Å². The number of fused-ring (bicyclic) bond motifs is 1. The Bertz CT molecular complexity index is 944. The summed E-state index contributed by atoms with van der Waals surface area (Å²) in [5, 5.41) is 13.3. The van der Waals surface area contributed by atoms with Gasteiger partial charge in [0.1, 0.15) is 5.82 Å². The summed E-state index contributed by atoms with van der Waals surface area (Å²) in [5.74, 6) is -0.238. The van der Waals surface area contributed by atoms with Crippen molar-refractivity contribution in [2.75, 3.05) is 6.54 Å². The third-order valence-corrected chi connectivity index (χ3v) is 4.90. The zero-order valence-electron chi connectivity index (χ0n) is 15.3. The van der Waals surface area contributed by atoms with Gasteiger partial charge >= 0.3 is 0 Å². The highest BCUT2D eigenvalue weighted by Crippen LogP contribution is 2.24. The summed E-state index contributed by atoms with van der Waals surface area (Å²) in [5.41, 5.74) is 3.74. The molecule has 2 unspecified atom stereocenters. The van der Waals surface area contributed by atoms with E-state index in [9.17, 15) is 9.50 Å². The summed E-state index contributed by atoms with van der Waals surface area (Å²) in [6.45, 7) is 1.62. The van der Waals surface area contributed by atoms with Crippen molar-refractivity contribution in [1.82, 2.24) is 14.9 Å². The van der Waals surface area contributed by atoms with Gasteiger partial charge in [0.2, 0.25) is 0 Å². The van der Waals surface area contributed by atoms with Crippen molar-refractivity contribution in [2.24, 2.45) is 0 Å². The first kappa shape index (κ1) is 22.4. The van der Waals surface area contributed by atoms with E-state index in [2.05, 4.69) is 20.9 Å². The number of halogens is 3. The summed E-state index contributed by atoms with van der Waals surface area (Å²) < 4.78 is 15.6. The molecule has 1 saturated heterocycles. The Labute approximate surface area is 176 Å². The van der Waals surface area contributed by atoms with E-state index in [0.29, 0.717) is 6.54 Å². The lowest BCUT2D eigenvalue weighted by Gasteiger charge is -2.26. The molecule has 2 N–H and O–H groups in total. The molecule has 2 atom stereocenters. The Hall–Kier alpha value is -1.92. The van der Waals surface area contributed by atoms with Crippen LogP contribution in [0.2, 0.25) is 0 Å². The van der Waals surface area contributed by atoms with Gasteiger partial charge in [-0.3, -0.25) is 0 Å². The lowest BCUT2D eigenvalue weighted by molar-refractivity contribution is 0.115. The maximum Gasteiger partial charge on any atom is 0.123 e. The normalized spacial score (nSPS) is 19.4. The molecule has 7 heteroatoms. The van der Waals surface area contributed by atoms with Crippen LogP contribution in [-0.4, -0.2) is 33.3 Å². The summed E-state index contributed by atoms with van der Waals surface area (Å²) in [6.07, 6.45) is 7.44. The van der Waals surface area contributed by atoms with Crippen LogP contribution < -0.4 is 5.32 Å². The molecule has 0 spiro atoms. The number of hydrogen-bond acceptors (Lipinski definition) is 3. The molecule has 0 amide bonds.